The van der Waals surface area contributed by atoms with E-state index in [2.05, 4.69) is 10.3 Å². The van der Waals surface area contributed by atoms with Crippen molar-refractivity contribution >= 4 is 34.4 Å². The molecule has 3 heterocycles. The number of hydrogen-bond acceptors (Lipinski definition) is 7. The molecule has 154 valence electrons. The first kappa shape index (κ1) is 18.6. The van der Waals surface area contributed by atoms with Gasteiger partial charge in [-0.15, -0.1) is 0 Å². The summed E-state index contributed by atoms with van der Waals surface area (Å²) in [7, 11) is 3.92. The van der Waals surface area contributed by atoms with Crippen LogP contribution in [0.1, 0.15) is 20.7 Å². The molecular weight excluding hydrogens is 398 g/mol. The van der Waals surface area contributed by atoms with Crippen LogP contribution in [0.5, 0.6) is 0 Å². The third kappa shape index (κ3) is 2.86. The van der Waals surface area contributed by atoms with E-state index in [1.54, 1.807) is 18.2 Å². The van der Waals surface area contributed by atoms with Gasteiger partial charge in [0.15, 0.2) is 5.58 Å². The maximum atomic E-state index is 12.6. The first-order chi connectivity index (χ1) is 14.8. The number of hydrogen-bond donors (Lipinski definition) is 2. The number of oxazole rings is 1. The highest BCUT2D eigenvalue weighted by Gasteiger charge is 2.31. The maximum absolute atomic E-state index is 12.6. The predicted octanol–water partition coefficient (Wildman–Crippen LogP) is 2.18. The van der Waals surface area contributed by atoms with Gasteiger partial charge in [0.2, 0.25) is 5.89 Å². The van der Waals surface area contributed by atoms with E-state index in [9.17, 15) is 14.4 Å². The van der Waals surface area contributed by atoms with Crippen LogP contribution >= 0.6 is 0 Å². The lowest BCUT2D eigenvalue weighted by molar-refractivity contribution is 0.0880. The second kappa shape index (κ2) is 6.56. The molecule has 1 aliphatic heterocycles. The number of carbonyl (C=O) groups excluding carboxylic acids is 2. The maximum Gasteiger partial charge on any atom is 0.262 e. The van der Waals surface area contributed by atoms with Gasteiger partial charge in [-0.2, -0.15) is 0 Å². The van der Waals surface area contributed by atoms with Crippen molar-refractivity contribution in [1.82, 2.24) is 14.9 Å². The van der Waals surface area contributed by atoms with Crippen LogP contribution in [0, 0.1) is 0 Å². The molecule has 0 spiro atoms. The molecule has 9 heteroatoms. The van der Waals surface area contributed by atoms with Gasteiger partial charge < -0.3 is 15.1 Å². The molecule has 0 aliphatic carbocycles. The minimum absolute atomic E-state index is 0.00785. The highest BCUT2D eigenvalue weighted by atomic mass is 16.3. The monoisotopic (exact) mass is 415 g/mol. The number of nitrogens with one attached hydrogen (secondary N) is 1. The number of nitrogens with zero attached hydrogens (tertiary/aromatic N) is 3. The fourth-order valence-corrected chi connectivity index (χ4v) is 3.63. The molecule has 9 nitrogen and oxygen atoms in total. The molecule has 0 bridgehead atoms. The van der Waals surface area contributed by atoms with Crippen LogP contribution in [0.2, 0.25) is 0 Å². The van der Waals surface area contributed by atoms with Crippen molar-refractivity contribution in [2.24, 2.45) is 0 Å². The molecule has 0 fully saturated rings. The molecule has 1 aliphatic rings. The Bertz CT molecular complexity index is 1450. The largest absolute Gasteiger partial charge is 0.436 e. The highest BCUT2D eigenvalue weighted by molar-refractivity contribution is 6.23. The number of nitrogens with two attached hydrogens (primary N) is 1. The van der Waals surface area contributed by atoms with Crippen molar-refractivity contribution in [2.45, 2.75) is 0 Å². The van der Waals surface area contributed by atoms with E-state index in [4.69, 9.17) is 10.2 Å². The average molecular weight is 415 g/mol. The summed E-state index contributed by atoms with van der Waals surface area (Å²) >= 11 is 0. The van der Waals surface area contributed by atoms with Crippen LogP contribution < -0.4 is 21.5 Å². The van der Waals surface area contributed by atoms with Crippen LogP contribution in [-0.4, -0.2) is 35.5 Å². The summed E-state index contributed by atoms with van der Waals surface area (Å²) in [6.45, 7) is 0. The van der Waals surface area contributed by atoms with Crippen LogP contribution in [0.25, 0.3) is 28.2 Å². The van der Waals surface area contributed by atoms with Crippen LogP contribution in [-0.2, 0) is 0 Å². The van der Waals surface area contributed by atoms with E-state index < -0.39 is 17.4 Å². The summed E-state index contributed by atoms with van der Waals surface area (Å²) in [5, 5.41) is 2.15. The number of benzene rings is 2. The van der Waals surface area contributed by atoms with E-state index in [0.29, 0.717) is 22.7 Å². The fourth-order valence-electron chi connectivity index (χ4n) is 3.63. The van der Waals surface area contributed by atoms with Crippen LogP contribution in [0.4, 0.5) is 11.5 Å². The Labute approximate surface area is 175 Å². The molecule has 4 aromatic rings. The standard InChI is InChI=1S/C22H17N5O4/c1-26(2)12-5-3-11(4-6-12)22-24-15-9-13(7-8-16(15)31-22)27-17(28)10-14-18(19(27)23)21(30)25-20(14)29/h3-10H,23H2,1-2H3,(H,25,29,30). The molecule has 5 rings (SSSR count). The van der Waals surface area contributed by atoms with Gasteiger partial charge in [0, 0.05) is 31.4 Å². The zero-order chi connectivity index (χ0) is 21.9. The number of aromatic nitrogens is 2. The summed E-state index contributed by atoms with van der Waals surface area (Å²) in [6.07, 6.45) is 0. The van der Waals surface area contributed by atoms with E-state index in [-0.39, 0.29) is 16.9 Å². The molecular formula is C22H17N5O4. The number of fused-ring (bicyclic) bond motifs is 2. The second-order valence-electron chi connectivity index (χ2n) is 7.39. The van der Waals surface area contributed by atoms with E-state index in [1.165, 1.54) is 4.57 Å². The predicted molar refractivity (Wildman–Crippen MR) is 116 cm³/mol. The molecule has 0 saturated carbocycles. The van der Waals surface area contributed by atoms with Crippen LogP contribution in [0.15, 0.2) is 57.7 Å². The van der Waals surface area contributed by atoms with E-state index >= 15 is 0 Å². The quantitative estimate of drug-likeness (QED) is 0.492. The lowest BCUT2D eigenvalue weighted by atomic mass is 10.1. The molecule has 2 amide bonds. The van der Waals surface area contributed by atoms with Gasteiger partial charge in [-0.1, -0.05) is 0 Å². The Morgan fingerprint density at radius 2 is 1.74 bits per heavy atom. The number of amides is 2. The van der Waals surface area contributed by atoms with Gasteiger partial charge >= 0.3 is 0 Å². The van der Waals surface area contributed by atoms with Crippen molar-refractivity contribution in [3.8, 4) is 17.1 Å². The number of imide groups is 1. The van der Waals surface area contributed by atoms with Gasteiger partial charge in [-0.05, 0) is 42.5 Å². The Hall–Kier alpha value is -4.40. The van der Waals surface area contributed by atoms with Crippen LogP contribution in [0.3, 0.4) is 0 Å². The number of pyridine rings is 1. The number of carbonyl (C=O) groups is 2. The van der Waals surface area contributed by atoms with Gasteiger partial charge in [0.1, 0.15) is 11.3 Å². The molecule has 2 aromatic carbocycles. The van der Waals surface area contributed by atoms with Gasteiger partial charge in [0.05, 0.1) is 16.8 Å². The summed E-state index contributed by atoms with van der Waals surface area (Å²) in [5.74, 6) is -0.921. The minimum Gasteiger partial charge on any atom is -0.436 e. The Balaban J connectivity index is 1.60. The number of rotatable bonds is 3. The molecule has 2 aromatic heterocycles. The van der Waals surface area contributed by atoms with Crippen molar-refractivity contribution in [3.63, 3.8) is 0 Å². The Morgan fingerprint density at radius 3 is 2.45 bits per heavy atom. The Morgan fingerprint density at radius 1 is 1.00 bits per heavy atom. The number of nitrogen functional groups attached to an aromatic ring is 1. The van der Waals surface area contributed by atoms with Crippen molar-refractivity contribution < 1.29 is 14.0 Å². The second-order valence-corrected chi connectivity index (χ2v) is 7.39. The third-order valence-corrected chi connectivity index (χ3v) is 5.21. The van der Waals surface area contributed by atoms with Gasteiger partial charge in [0.25, 0.3) is 17.4 Å². The topological polar surface area (TPSA) is 123 Å². The average Bonchev–Trinajstić information content (AvgIpc) is 3.28. The molecule has 0 radical (unpaired) electrons. The third-order valence-electron chi connectivity index (χ3n) is 5.21. The van der Waals surface area contributed by atoms with E-state index in [1.807, 2.05) is 43.3 Å². The zero-order valence-corrected chi connectivity index (χ0v) is 16.7. The molecule has 3 N–H and O–H groups in total. The first-order valence-electron chi connectivity index (χ1n) is 9.43. The summed E-state index contributed by atoms with van der Waals surface area (Å²) in [5.41, 5.74) is 8.89. The molecule has 0 unspecified atom stereocenters. The minimum atomic E-state index is -0.632. The van der Waals surface area contributed by atoms with Gasteiger partial charge in [-0.3, -0.25) is 24.3 Å². The van der Waals surface area contributed by atoms with Crippen molar-refractivity contribution in [1.29, 1.82) is 0 Å². The SMILES string of the molecule is CN(C)c1ccc(-c2nc3cc(-n4c(N)c5c(cc4=O)C(=O)NC5=O)ccc3o2)cc1. The summed E-state index contributed by atoms with van der Waals surface area (Å²) in [4.78, 5) is 43.1. The van der Waals surface area contributed by atoms with Gasteiger partial charge in [-0.25, -0.2) is 4.98 Å². The normalized spacial score (nSPS) is 12.8. The van der Waals surface area contributed by atoms with E-state index in [0.717, 1.165) is 17.3 Å². The smallest absolute Gasteiger partial charge is 0.262 e. The highest BCUT2D eigenvalue weighted by Crippen LogP contribution is 2.28. The summed E-state index contributed by atoms with van der Waals surface area (Å²) in [6, 6.07) is 13.8. The van der Waals surface area contributed by atoms with Crippen molar-refractivity contribution in [3.05, 3.63) is 70.0 Å². The molecule has 0 atom stereocenters. The Kier molecular flexibility index (Phi) is 3.94. The number of anilines is 2. The first-order valence-corrected chi connectivity index (χ1v) is 9.43. The fraction of sp³-hybridized carbons (Fsp3) is 0.0909. The lowest BCUT2D eigenvalue weighted by Gasteiger charge is -2.11. The molecule has 0 saturated heterocycles. The van der Waals surface area contributed by atoms with Crippen molar-refractivity contribution in [2.75, 3.05) is 24.7 Å². The zero-order valence-electron chi connectivity index (χ0n) is 16.7. The lowest BCUT2D eigenvalue weighted by Crippen LogP contribution is -2.24. The molecule has 31 heavy (non-hydrogen) atoms. The summed E-state index contributed by atoms with van der Waals surface area (Å²) < 4.78 is 7.04.